The highest BCUT2D eigenvalue weighted by Gasteiger charge is 2.25. The summed E-state index contributed by atoms with van der Waals surface area (Å²) in [5, 5.41) is 13.9. The molecule has 1 atom stereocenters. The van der Waals surface area contributed by atoms with Crippen molar-refractivity contribution in [1.29, 1.82) is 0 Å². The first kappa shape index (κ1) is 17.0. The highest BCUT2D eigenvalue weighted by molar-refractivity contribution is 6.34. The molecular weight excluding hydrogens is 340 g/mol. The summed E-state index contributed by atoms with van der Waals surface area (Å²) in [5.41, 5.74) is 2.33. The van der Waals surface area contributed by atoms with Gasteiger partial charge in [0.05, 0.1) is 11.4 Å². The molecule has 0 saturated heterocycles. The molecule has 0 aliphatic carbocycles. The third-order valence-corrected chi connectivity index (χ3v) is 4.09. The second-order valence-electron chi connectivity index (χ2n) is 5.43. The van der Waals surface area contributed by atoms with E-state index in [2.05, 4.69) is 5.10 Å². The van der Waals surface area contributed by atoms with Crippen molar-refractivity contribution >= 4 is 17.6 Å². The fourth-order valence-electron chi connectivity index (χ4n) is 2.50. The summed E-state index contributed by atoms with van der Waals surface area (Å²) in [6, 6.07) is 19.0. The Labute approximate surface area is 150 Å². The van der Waals surface area contributed by atoms with Gasteiger partial charge < -0.3 is 9.84 Å². The van der Waals surface area contributed by atoms with Gasteiger partial charge in [0.2, 0.25) is 0 Å². The van der Waals surface area contributed by atoms with E-state index >= 15 is 0 Å². The first-order valence-electron chi connectivity index (χ1n) is 7.90. The van der Waals surface area contributed by atoms with E-state index in [9.17, 15) is 9.90 Å². The molecule has 128 valence electrons. The lowest BCUT2D eigenvalue weighted by molar-refractivity contribution is -0.145. The van der Waals surface area contributed by atoms with Crippen LogP contribution in [0.15, 0.2) is 60.7 Å². The average molecular weight is 357 g/mol. The minimum absolute atomic E-state index is 0.110. The minimum Gasteiger partial charge on any atom is -0.479 e. The lowest BCUT2D eigenvalue weighted by atomic mass is 10.1. The Morgan fingerprint density at radius 1 is 1.16 bits per heavy atom. The highest BCUT2D eigenvalue weighted by Crippen LogP contribution is 2.37. The molecule has 0 saturated carbocycles. The number of halogens is 1. The zero-order valence-corrected chi connectivity index (χ0v) is 14.3. The van der Waals surface area contributed by atoms with Crippen LogP contribution in [0.5, 0.6) is 5.88 Å². The molecule has 1 aromatic heterocycles. The van der Waals surface area contributed by atoms with Crippen LogP contribution < -0.4 is 4.74 Å². The van der Waals surface area contributed by atoms with Crippen molar-refractivity contribution in [2.24, 2.45) is 0 Å². The van der Waals surface area contributed by atoms with Gasteiger partial charge in [-0.3, -0.25) is 0 Å². The molecule has 1 unspecified atom stereocenters. The number of ether oxygens (including phenoxy) is 1. The van der Waals surface area contributed by atoms with Crippen LogP contribution in [0, 0.1) is 0 Å². The normalized spacial score (nSPS) is 11.9. The predicted octanol–water partition coefficient (Wildman–Crippen LogP) is 4.43. The molecule has 1 heterocycles. The average Bonchev–Trinajstić information content (AvgIpc) is 2.97. The molecule has 5 nitrogen and oxygen atoms in total. The van der Waals surface area contributed by atoms with Crippen LogP contribution in [0.3, 0.4) is 0 Å². The van der Waals surface area contributed by atoms with Gasteiger partial charge in [0.15, 0.2) is 6.10 Å². The van der Waals surface area contributed by atoms with Crippen LogP contribution in [0.2, 0.25) is 5.02 Å². The fraction of sp³-hybridized carbons (Fsp3) is 0.158. The Kier molecular flexibility index (Phi) is 5.05. The number of benzene rings is 2. The number of nitrogens with zero attached hydrogens (tertiary/aromatic N) is 2. The molecule has 3 aromatic rings. The van der Waals surface area contributed by atoms with Gasteiger partial charge in [-0.15, -0.1) is 5.10 Å². The summed E-state index contributed by atoms with van der Waals surface area (Å²) < 4.78 is 7.22. The molecule has 1 N–H and O–H groups in total. The van der Waals surface area contributed by atoms with Crippen LogP contribution in [-0.2, 0) is 4.79 Å². The molecule has 0 radical (unpaired) electrons. The number of aromatic nitrogens is 2. The van der Waals surface area contributed by atoms with Gasteiger partial charge >= 0.3 is 5.97 Å². The molecule has 6 heteroatoms. The third-order valence-electron chi connectivity index (χ3n) is 3.75. The maximum atomic E-state index is 11.3. The molecule has 2 aromatic carbocycles. The van der Waals surface area contributed by atoms with E-state index in [1.54, 1.807) is 11.6 Å². The van der Waals surface area contributed by atoms with Gasteiger partial charge in [0.25, 0.3) is 5.88 Å². The highest BCUT2D eigenvalue weighted by atomic mass is 35.5. The van der Waals surface area contributed by atoms with Gasteiger partial charge in [0.1, 0.15) is 5.02 Å². The van der Waals surface area contributed by atoms with Crippen molar-refractivity contribution in [2.75, 3.05) is 0 Å². The molecule has 0 aliphatic rings. The molecule has 0 bridgehead atoms. The monoisotopic (exact) mass is 356 g/mol. The Morgan fingerprint density at radius 3 is 2.32 bits per heavy atom. The van der Waals surface area contributed by atoms with E-state index in [0.29, 0.717) is 12.1 Å². The van der Waals surface area contributed by atoms with Crippen molar-refractivity contribution in [2.45, 2.75) is 19.4 Å². The standard InChI is InChI=1S/C19H17ClN2O3/c1-2-15(19(23)24)25-18-16(20)17(13-9-5-3-6-10-13)22(21-18)14-11-7-4-8-12-14/h3-12,15H,2H2,1H3,(H,23,24). The van der Waals surface area contributed by atoms with Gasteiger partial charge in [-0.1, -0.05) is 67.1 Å². The van der Waals surface area contributed by atoms with Crippen LogP contribution in [-0.4, -0.2) is 27.0 Å². The summed E-state index contributed by atoms with van der Waals surface area (Å²) >= 11 is 6.52. The Balaban J connectivity index is 2.13. The van der Waals surface area contributed by atoms with Crippen molar-refractivity contribution < 1.29 is 14.6 Å². The number of hydrogen-bond acceptors (Lipinski definition) is 3. The van der Waals surface area contributed by atoms with E-state index < -0.39 is 12.1 Å². The maximum absolute atomic E-state index is 11.3. The van der Waals surface area contributed by atoms with Gasteiger partial charge in [-0.2, -0.15) is 0 Å². The molecule has 0 aliphatic heterocycles. The lowest BCUT2D eigenvalue weighted by Gasteiger charge is -2.10. The first-order chi connectivity index (χ1) is 12.1. The maximum Gasteiger partial charge on any atom is 0.344 e. The van der Waals surface area contributed by atoms with Gasteiger partial charge in [-0.25, -0.2) is 9.48 Å². The van der Waals surface area contributed by atoms with E-state index in [4.69, 9.17) is 16.3 Å². The number of rotatable bonds is 6. The smallest absolute Gasteiger partial charge is 0.344 e. The second-order valence-corrected chi connectivity index (χ2v) is 5.81. The summed E-state index contributed by atoms with van der Waals surface area (Å²) in [6.07, 6.45) is -0.690. The van der Waals surface area contributed by atoms with Crippen molar-refractivity contribution in [3.63, 3.8) is 0 Å². The molecule has 0 amide bonds. The second kappa shape index (κ2) is 7.40. The third kappa shape index (κ3) is 3.51. The Hall–Kier alpha value is -2.79. The van der Waals surface area contributed by atoms with E-state index in [-0.39, 0.29) is 10.9 Å². The first-order valence-corrected chi connectivity index (χ1v) is 8.28. The van der Waals surface area contributed by atoms with Crippen molar-refractivity contribution in [1.82, 2.24) is 9.78 Å². The molecule has 0 fully saturated rings. The molecular formula is C19H17ClN2O3. The van der Waals surface area contributed by atoms with Crippen LogP contribution in [0.4, 0.5) is 0 Å². The van der Waals surface area contributed by atoms with Gasteiger partial charge in [-0.05, 0) is 18.6 Å². The number of carboxylic acids is 1. The molecule has 25 heavy (non-hydrogen) atoms. The largest absolute Gasteiger partial charge is 0.479 e. The molecule has 0 spiro atoms. The number of hydrogen-bond donors (Lipinski definition) is 1. The SMILES string of the molecule is CCC(Oc1nn(-c2ccccc2)c(-c2ccccc2)c1Cl)C(=O)O. The zero-order chi connectivity index (χ0) is 17.8. The minimum atomic E-state index is -1.05. The molecule has 3 rings (SSSR count). The Bertz CT molecular complexity index is 863. The van der Waals surface area contributed by atoms with Crippen molar-refractivity contribution in [3.05, 3.63) is 65.7 Å². The van der Waals surface area contributed by atoms with Crippen LogP contribution in [0.1, 0.15) is 13.3 Å². The Morgan fingerprint density at radius 2 is 1.76 bits per heavy atom. The zero-order valence-electron chi connectivity index (χ0n) is 13.6. The number of carbonyl (C=O) groups is 1. The van der Waals surface area contributed by atoms with Crippen molar-refractivity contribution in [3.8, 4) is 22.8 Å². The lowest BCUT2D eigenvalue weighted by Crippen LogP contribution is -2.26. The van der Waals surface area contributed by atoms with Gasteiger partial charge in [0, 0.05) is 5.56 Å². The summed E-state index contributed by atoms with van der Waals surface area (Å²) in [7, 11) is 0. The fourth-order valence-corrected chi connectivity index (χ4v) is 2.77. The van der Waals surface area contributed by atoms with E-state index in [1.807, 2.05) is 60.7 Å². The van der Waals surface area contributed by atoms with Crippen LogP contribution in [0.25, 0.3) is 16.9 Å². The number of carboxylic acid groups (broad SMARTS) is 1. The number of para-hydroxylation sites is 1. The van der Waals surface area contributed by atoms with Crippen LogP contribution >= 0.6 is 11.6 Å². The summed E-state index contributed by atoms with van der Waals surface area (Å²) in [6.45, 7) is 1.74. The van der Waals surface area contributed by atoms with E-state index in [1.165, 1.54) is 0 Å². The quantitative estimate of drug-likeness (QED) is 0.709. The van der Waals surface area contributed by atoms with E-state index in [0.717, 1.165) is 11.3 Å². The summed E-state index contributed by atoms with van der Waals surface area (Å²) in [4.78, 5) is 11.3. The number of aliphatic carboxylic acids is 1. The predicted molar refractivity (Wildman–Crippen MR) is 96.4 cm³/mol. The summed E-state index contributed by atoms with van der Waals surface area (Å²) in [5.74, 6) is -0.937. The topological polar surface area (TPSA) is 64.4 Å².